The molecule has 0 radical (unpaired) electrons. The molecule has 1 aromatic heterocycles. The van der Waals surface area contributed by atoms with Crippen LogP contribution >= 0.6 is 45.2 Å². The number of nitrogens with one attached hydrogen (secondary N) is 1. The van der Waals surface area contributed by atoms with Crippen LogP contribution in [0.3, 0.4) is 0 Å². The molecule has 1 amide bonds. The Morgan fingerprint density at radius 2 is 1.97 bits per heavy atom. The molecule has 4 rings (SSSR count). The average Bonchev–Trinajstić information content (AvgIpc) is 3.14. The summed E-state index contributed by atoms with van der Waals surface area (Å²) in [5, 5.41) is 0. The van der Waals surface area contributed by atoms with Crippen molar-refractivity contribution in [3.63, 3.8) is 0 Å². The molecular weight excluding hydrogens is 608 g/mol. The zero-order valence-electron chi connectivity index (χ0n) is 14.9. The highest BCUT2D eigenvalue weighted by molar-refractivity contribution is 14.1. The molecule has 0 saturated carbocycles. The number of β-lactam (4-membered cyclic amide) rings is 1. The third-order valence-electron chi connectivity index (χ3n) is 4.78. The van der Waals surface area contributed by atoms with E-state index in [2.05, 4.69) is 55.1 Å². The molecule has 29 heavy (non-hydrogen) atoms. The van der Waals surface area contributed by atoms with Gasteiger partial charge >= 0.3 is 0 Å². The number of aromatic nitrogens is 2. The molecule has 0 bridgehead atoms. The Hall–Kier alpha value is -1.54. The van der Waals surface area contributed by atoms with Gasteiger partial charge in [0.1, 0.15) is 11.8 Å². The van der Waals surface area contributed by atoms with Gasteiger partial charge in [-0.15, -0.1) is 0 Å². The summed E-state index contributed by atoms with van der Waals surface area (Å²) in [5.41, 5.74) is 9.47. The molecule has 152 valence electrons. The second-order valence-electron chi connectivity index (χ2n) is 6.61. The van der Waals surface area contributed by atoms with Crippen LogP contribution in [0.25, 0.3) is 11.0 Å². The Labute approximate surface area is 192 Å². The fourth-order valence-electron chi connectivity index (χ4n) is 3.37. The molecule has 6 nitrogen and oxygen atoms in total. The fraction of sp³-hybridized carbons (Fsp3) is 0.263. The summed E-state index contributed by atoms with van der Waals surface area (Å²) in [6.07, 6.45) is -1.11. The lowest BCUT2D eigenvalue weighted by Gasteiger charge is -2.46. The van der Waals surface area contributed by atoms with Gasteiger partial charge < -0.3 is 20.4 Å². The predicted octanol–water partition coefficient (Wildman–Crippen LogP) is 4.22. The molecule has 3 N–H and O–H groups in total. The lowest BCUT2D eigenvalue weighted by atomic mass is 9.88. The summed E-state index contributed by atoms with van der Waals surface area (Å²) in [4.78, 5) is 21.5. The second-order valence-corrected chi connectivity index (χ2v) is 8.94. The van der Waals surface area contributed by atoms with E-state index in [1.165, 1.54) is 0 Å². The highest BCUT2D eigenvalue weighted by atomic mass is 127. The zero-order chi connectivity index (χ0) is 20.7. The first kappa shape index (κ1) is 20.7. The van der Waals surface area contributed by atoms with E-state index in [9.17, 15) is 13.6 Å². The van der Waals surface area contributed by atoms with Gasteiger partial charge in [0.25, 0.3) is 0 Å². The van der Waals surface area contributed by atoms with Crippen molar-refractivity contribution in [1.82, 2.24) is 9.97 Å². The maximum absolute atomic E-state index is 12.6. The first-order chi connectivity index (χ1) is 13.9. The van der Waals surface area contributed by atoms with Crippen LogP contribution in [-0.4, -0.2) is 34.9 Å². The Morgan fingerprint density at radius 3 is 2.66 bits per heavy atom. The largest absolute Gasteiger partial charge is 0.493 e. The van der Waals surface area contributed by atoms with Gasteiger partial charge in [0.15, 0.2) is 0 Å². The molecule has 3 aromatic rings. The third kappa shape index (κ3) is 3.93. The summed E-state index contributed by atoms with van der Waals surface area (Å²) < 4.78 is 31.9. The highest BCUT2D eigenvalue weighted by Crippen LogP contribution is 2.43. The Morgan fingerprint density at radius 1 is 1.24 bits per heavy atom. The van der Waals surface area contributed by atoms with Crippen molar-refractivity contribution in [3.05, 3.63) is 49.4 Å². The number of benzene rings is 2. The minimum atomic E-state index is -2.40. The number of imidazole rings is 1. The SMILES string of the molecule is N[C@H]1C(=O)N(c2ccc3[nH]cnc3c2)[C@H]1c1c(I)cc(OCCC(F)F)cc1I. The molecule has 10 heteroatoms. The van der Waals surface area contributed by atoms with Crippen molar-refractivity contribution in [2.24, 2.45) is 5.73 Å². The van der Waals surface area contributed by atoms with Crippen LogP contribution < -0.4 is 15.4 Å². The molecule has 1 saturated heterocycles. The van der Waals surface area contributed by atoms with E-state index in [-0.39, 0.29) is 25.0 Å². The number of rotatable bonds is 6. The topological polar surface area (TPSA) is 84.2 Å². The molecule has 0 unspecified atom stereocenters. The summed E-state index contributed by atoms with van der Waals surface area (Å²) in [6, 6.07) is 8.18. The Bertz CT molecular complexity index is 1050. The molecular formula is C19H16F2I2N4O2. The monoisotopic (exact) mass is 624 g/mol. The standard InChI is InChI=1S/C19H16F2I2N4O2/c20-15(21)3-4-29-10-6-11(22)16(12(23)7-10)18-17(24)19(28)27(18)9-1-2-13-14(5-9)26-8-25-13/h1-2,5-8,15,17-18H,3-4,24H2,(H,25,26)/t17-,18+/m1/s1. The Balaban J connectivity index is 1.64. The number of anilines is 1. The molecule has 0 aliphatic carbocycles. The van der Waals surface area contributed by atoms with Gasteiger partial charge in [0.2, 0.25) is 12.3 Å². The van der Waals surface area contributed by atoms with Crippen LogP contribution in [-0.2, 0) is 4.79 Å². The van der Waals surface area contributed by atoms with Crippen LogP contribution in [0.5, 0.6) is 5.75 Å². The van der Waals surface area contributed by atoms with Crippen molar-refractivity contribution < 1.29 is 18.3 Å². The first-order valence-corrected chi connectivity index (χ1v) is 10.9. The van der Waals surface area contributed by atoms with Gasteiger partial charge in [-0.1, -0.05) is 0 Å². The van der Waals surface area contributed by atoms with Gasteiger partial charge in [-0.2, -0.15) is 0 Å². The second kappa shape index (κ2) is 8.30. The molecule has 0 spiro atoms. The highest BCUT2D eigenvalue weighted by Gasteiger charge is 2.48. The lowest BCUT2D eigenvalue weighted by molar-refractivity contribution is -0.126. The average molecular weight is 624 g/mol. The number of aromatic amines is 1. The van der Waals surface area contributed by atoms with Crippen LogP contribution in [0, 0.1) is 7.14 Å². The number of H-pyrrole nitrogens is 1. The quantitative estimate of drug-likeness (QED) is 0.318. The van der Waals surface area contributed by atoms with E-state index in [0.29, 0.717) is 5.75 Å². The van der Waals surface area contributed by atoms with Gasteiger partial charge in [-0.25, -0.2) is 13.8 Å². The van der Waals surface area contributed by atoms with Crippen LogP contribution in [0.1, 0.15) is 18.0 Å². The van der Waals surface area contributed by atoms with Gasteiger partial charge in [0.05, 0.1) is 30.0 Å². The Kier molecular flexibility index (Phi) is 5.93. The van der Waals surface area contributed by atoms with Gasteiger partial charge in [-0.05, 0) is 75.5 Å². The van der Waals surface area contributed by atoms with Crippen molar-refractivity contribution in [3.8, 4) is 5.75 Å². The minimum Gasteiger partial charge on any atom is -0.493 e. The minimum absolute atomic E-state index is 0.0552. The molecule has 2 heterocycles. The molecule has 2 atom stereocenters. The van der Waals surface area contributed by atoms with Gasteiger partial charge in [-0.3, -0.25) is 4.79 Å². The number of nitrogens with zero attached hydrogens (tertiary/aromatic N) is 2. The number of halogens is 4. The first-order valence-electron chi connectivity index (χ1n) is 8.78. The number of amides is 1. The smallest absolute Gasteiger partial charge is 0.247 e. The summed E-state index contributed by atoms with van der Waals surface area (Å²) >= 11 is 4.33. The number of fused-ring (bicyclic) bond motifs is 1. The number of carbonyl (C=O) groups is 1. The third-order valence-corrected chi connectivity index (χ3v) is 6.56. The molecule has 2 aromatic carbocycles. The van der Waals surface area contributed by atoms with Crippen molar-refractivity contribution in [2.45, 2.75) is 24.9 Å². The van der Waals surface area contributed by atoms with E-state index >= 15 is 0 Å². The summed E-state index contributed by atoms with van der Waals surface area (Å²) in [5.74, 6) is 0.362. The van der Waals surface area contributed by atoms with Crippen molar-refractivity contribution in [2.75, 3.05) is 11.5 Å². The molecule has 1 aliphatic rings. The fourth-order valence-corrected chi connectivity index (χ4v) is 5.72. The van der Waals surface area contributed by atoms with E-state index in [4.69, 9.17) is 10.5 Å². The molecule has 1 aliphatic heterocycles. The predicted molar refractivity (Wildman–Crippen MR) is 122 cm³/mol. The van der Waals surface area contributed by atoms with Crippen LogP contribution in [0.2, 0.25) is 0 Å². The van der Waals surface area contributed by atoms with E-state index in [0.717, 1.165) is 29.4 Å². The number of hydrogen-bond donors (Lipinski definition) is 2. The number of nitrogens with two attached hydrogens (primary N) is 1. The summed E-state index contributed by atoms with van der Waals surface area (Å²) in [7, 11) is 0. The number of alkyl halides is 2. The van der Waals surface area contributed by atoms with Crippen LogP contribution in [0.15, 0.2) is 36.7 Å². The van der Waals surface area contributed by atoms with Gasteiger partial charge in [0, 0.05) is 24.8 Å². The number of hydrogen-bond acceptors (Lipinski definition) is 4. The zero-order valence-corrected chi connectivity index (χ0v) is 19.2. The van der Waals surface area contributed by atoms with E-state index in [1.54, 1.807) is 23.4 Å². The van der Waals surface area contributed by atoms with Crippen molar-refractivity contribution in [1.29, 1.82) is 0 Å². The molecule has 1 fully saturated rings. The number of carbonyl (C=O) groups excluding carboxylic acids is 1. The maximum Gasteiger partial charge on any atom is 0.247 e. The number of ether oxygens (including phenoxy) is 1. The van der Waals surface area contributed by atoms with Crippen molar-refractivity contribution >= 4 is 67.8 Å². The summed E-state index contributed by atoms with van der Waals surface area (Å²) in [6.45, 7) is -0.0552. The maximum atomic E-state index is 12.6. The van der Waals surface area contributed by atoms with Crippen LogP contribution in [0.4, 0.5) is 14.5 Å². The van der Waals surface area contributed by atoms with E-state index in [1.807, 2.05) is 18.2 Å². The lowest BCUT2D eigenvalue weighted by Crippen LogP contribution is -2.63. The van der Waals surface area contributed by atoms with E-state index < -0.39 is 12.5 Å². The normalized spacial score (nSPS) is 19.1.